The molecule has 0 atom stereocenters. The summed E-state index contributed by atoms with van der Waals surface area (Å²) in [5.41, 5.74) is 3.15. The highest BCUT2D eigenvalue weighted by molar-refractivity contribution is 7.85. The van der Waals surface area contributed by atoms with Crippen molar-refractivity contribution < 1.29 is 9.30 Å². The first-order chi connectivity index (χ1) is 19.7. The van der Waals surface area contributed by atoms with Crippen LogP contribution in [-0.2, 0) is 4.57 Å². The molecule has 0 saturated heterocycles. The first-order valence-electron chi connectivity index (χ1n) is 13.2. The van der Waals surface area contributed by atoms with Crippen LogP contribution in [-0.4, -0.2) is 0 Å². The van der Waals surface area contributed by atoms with Gasteiger partial charge < -0.3 is 14.2 Å². The molecular formula is C36H28NO2P. The molecule has 0 aliphatic carbocycles. The van der Waals surface area contributed by atoms with E-state index in [1.165, 1.54) is 0 Å². The second-order valence-electron chi connectivity index (χ2n) is 9.35. The molecule has 6 rings (SSSR count). The molecule has 0 unspecified atom stereocenters. The van der Waals surface area contributed by atoms with Crippen molar-refractivity contribution in [3.8, 4) is 11.5 Å². The largest absolute Gasteiger partial charge is 0.457 e. The van der Waals surface area contributed by atoms with Gasteiger partial charge in [0.05, 0.1) is 5.30 Å². The van der Waals surface area contributed by atoms with E-state index < -0.39 is 7.14 Å². The lowest BCUT2D eigenvalue weighted by Gasteiger charge is -2.25. The average Bonchev–Trinajstić information content (AvgIpc) is 3.04. The summed E-state index contributed by atoms with van der Waals surface area (Å²) in [5.74, 6) is 1.25. The van der Waals surface area contributed by atoms with Crippen LogP contribution >= 0.6 is 7.14 Å². The van der Waals surface area contributed by atoms with Gasteiger partial charge in [0.2, 0.25) is 0 Å². The van der Waals surface area contributed by atoms with Crippen LogP contribution in [0.15, 0.2) is 170 Å². The Labute approximate surface area is 235 Å². The van der Waals surface area contributed by atoms with Crippen molar-refractivity contribution in [2.45, 2.75) is 0 Å². The lowest BCUT2D eigenvalue weighted by Crippen LogP contribution is -2.25. The molecule has 3 nitrogen and oxygen atoms in total. The fraction of sp³-hybridized carbons (Fsp3) is 0. The van der Waals surface area contributed by atoms with E-state index in [9.17, 15) is 4.57 Å². The van der Waals surface area contributed by atoms with E-state index in [1.54, 1.807) is 0 Å². The molecule has 0 aromatic heterocycles. The highest BCUT2D eigenvalue weighted by Crippen LogP contribution is 2.46. The third-order valence-electron chi connectivity index (χ3n) is 6.80. The summed E-state index contributed by atoms with van der Waals surface area (Å²) in [6, 6.07) is 55.6. The van der Waals surface area contributed by atoms with E-state index >= 15 is 0 Å². The van der Waals surface area contributed by atoms with Crippen LogP contribution in [0.5, 0.6) is 11.5 Å². The molecule has 6 aromatic carbocycles. The van der Waals surface area contributed by atoms with Gasteiger partial charge >= 0.3 is 0 Å². The maximum atomic E-state index is 15.0. The van der Waals surface area contributed by atoms with Gasteiger partial charge in [0.25, 0.3) is 0 Å². The highest BCUT2D eigenvalue weighted by atomic mass is 31.2. The molecule has 0 radical (unpaired) electrons. The van der Waals surface area contributed by atoms with Gasteiger partial charge in [-0.3, -0.25) is 0 Å². The Kier molecular flexibility index (Phi) is 7.30. The van der Waals surface area contributed by atoms with Crippen molar-refractivity contribution in [2.24, 2.45) is 0 Å². The number of hydrogen-bond acceptors (Lipinski definition) is 3. The predicted octanol–water partition coefficient (Wildman–Crippen LogP) is 8.59. The van der Waals surface area contributed by atoms with Crippen LogP contribution in [0.4, 0.5) is 17.1 Å². The zero-order chi connectivity index (χ0) is 27.2. The second kappa shape index (κ2) is 11.5. The summed E-state index contributed by atoms with van der Waals surface area (Å²) in [5, 5.41) is 2.22. The lowest BCUT2D eigenvalue weighted by molar-refractivity contribution is 0.486. The number of benzene rings is 6. The molecule has 0 N–H and O–H groups in total. The number of rotatable bonds is 8. The van der Waals surface area contributed by atoms with Gasteiger partial charge in [-0.1, -0.05) is 109 Å². The Morgan fingerprint density at radius 1 is 0.425 bits per heavy atom. The van der Waals surface area contributed by atoms with Crippen molar-refractivity contribution in [2.75, 3.05) is 4.90 Å². The first-order valence-corrected chi connectivity index (χ1v) is 14.9. The quantitative estimate of drug-likeness (QED) is 0.182. The lowest BCUT2D eigenvalue weighted by atomic mass is 10.2. The average molecular weight is 538 g/mol. The Hall–Kier alpha value is -4.85. The topological polar surface area (TPSA) is 29.5 Å². The summed E-state index contributed by atoms with van der Waals surface area (Å²) in [6.07, 6.45) is 0. The minimum Gasteiger partial charge on any atom is -0.457 e. The number of para-hydroxylation sites is 3. The summed E-state index contributed by atoms with van der Waals surface area (Å²) >= 11 is 0. The molecule has 0 amide bonds. The number of hydrogen-bond donors (Lipinski definition) is 0. The minimum atomic E-state index is -3.19. The van der Waals surface area contributed by atoms with Crippen molar-refractivity contribution in [3.63, 3.8) is 0 Å². The summed E-state index contributed by atoms with van der Waals surface area (Å²) in [4.78, 5) is 2.21. The molecule has 6 aromatic rings. The summed E-state index contributed by atoms with van der Waals surface area (Å²) in [7, 11) is -3.19. The number of ether oxygens (including phenoxy) is 1. The molecule has 194 valence electrons. The van der Waals surface area contributed by atoms with Crippen LogP contribution in [0.3, 0.4) is 0 Å². The Morgan fingerprint density at radius 2 is 0.825 bits per heavy atom. The van der Waals surface area contributed by atoms with E-state index in [1.807, 2.05) is 146 Å². The van der Waals surface area contributed by atoms with Gasteiger partial charge in [-0.15, -0.1) is 0 Å². The molecule has 0 bridgehead atoms. The number of nitrogens with zero attached hydrogens (tertiary/aromatic N) is 1. The SMILES string of the molecule is O=P(c1ccccc1)(c1ccccc1)c1ccccc1Oc1ccc(N(c2ccccc2)c2ccccc2)cc1. The summed E-state index contributed by atoms with van der Waals surface area (Å²) < 4.78 is 21.5. The van der Waals surface area contributed by atoms with Crippen LogP contribution < -0.4 is 25.6 Å². The molecule has 0 heterocycles. The third kappa shape index (κ3) is 5.08. The second-order valence-corrected chi connectivity index (χ2v) is 12.1. The standard InChI is InChI=1S/C36H28NO2P/c38-40(33-19-9-3-10-20-33,34-21-11-4-12-22-34)36-24-14-13-23-35(36)39-32-27-25-31(26-28-32)37(29-15-5-1-6-16-29)30-17-7-2-8-18-30/h1-28H. The molecule has 4 heteroatoms. The highest BCUT2D eigenvalue weighted by Gasteiger charge is 2.32. The van der Waals surface area contributed by atoms with Crippen LogP contribution in [0.2, 0.25) is 0 Å². The van der Waals surface area contributed by atoms with E-state index in [0.717, 1.165) is 27.7 Å². The van der Waals surface area contributed by atoms with Gasteiger partial charge in [0.1, 0.15) is 11.5 Å². The number of anilines is 3. The molecule has 0 fully saturated rings. The Morgan fingerprint density at radius 3 is 1.32 bits per heavy atom. The zero-order valence-corrected chi connectivity index (χ0v) is 22.8. The van der Waals surface area contributed by atoms with Gasteiger partial charge in [-0.25, -0.2) is 0 Å². The minimum absolute atomic E-state index is 0.578. The fourth-order valence-electron chi connectivity index (χ4n) is 4.90. The predicted molar refractivity (Wildman–Crippen MR) is 167 cm³/mol. The monoisotopic (exact) mass is 537 g/mol. The van der Waals surface area contributed by atoms with E-state index in [-0.39, 0.29) is 0 Å². The van der Waals surface area contributed by atoms with Crippen molar-refractivity contribution in [1.82, 2.24) is 0 Å². The molecule has 40 heavy (non-hydrogen) atoms. The van der Waals surface area contributed by atoms with Gasteiger partial charge in [-0.05, 0) is 60.7 Å². The Bertz CT molecular complexity index is 1640. The van der Waals surface area contributed by atoms with Crippen molar-refractivity contribution in [1.29, 1.82) is 0 Å². The molecule has 0 aliphatic rings. The maximum Gasteiger partial charge on any atom is 0.174 e. The molecule has 0 aliphatic heterocycles. The van der Waals surface area contributed by atoms with Gasteiger partial charge in [-0.2, -0.15) is 0 Å². The van der Waals surface area contributed by atoms with E-state index in [2.05, 4.69) is 29.2 Å². The molecule has 0 spiro atoms. The van der Waals surface area contributed by atoms with Crippen LogP contribution in [0, 0.1) is 0 Å². The van der Waals surface area contributed by atoms with Crippen LogP contribution in [0.25, 0.3) is 0 Å². The first kappa shape index (κ1) is 25.4. The third-order valence-corrected chi connectivity index (χ3v) is 9.89. The normalized spacial score (nSPS) is 11.1. The van der Waals surface area contributed by atoms with Crippen molar-refractivity contribution >= 4 is 40.1 Å². The molecular weight excluding hydrogens is 509 g/mol. The smallest absolute Gasteiger partial charge is 0.174 e. The van der Waals surface area contributed by atoms with Gasteiger partial charge in [0, 0.05) is 27.7 Å². The van der Waals surface area contributed by atoms with E-state index in [4.69, 9.17) is 4.74 Å². The Balaban J connectivity index is 1.38. The zero-order valence-electron chi connectivity index (χ0n) is 21.9. The van der Waals surface area contributed by atoms with E-state index in [0.29, 0.717) is 16.8 Å². The summed E-state index contributed by atoms with van der Waals surface area (Å²) in [6.45, 7) is 0. The molecule has 0 saturated carbocycles. The van der Waals surface area contributed by atoms with Crippen molar-refractivity contribution in [3.05, 3.63) is 170 Å². The maximum absolute atomic E-state index is 15.0. The van der Waals surface area contributed by atoms with Gasteiger partial charge in [0.15, 0.2) is 7.14 Å². The van der Waals surface area contributed by atoms with Crippen LogP contribution in [0.1, 0.15) is 0 Å². The fourth-order valence-corrected chi connectivity index (χ4v) is 7.66.